The molecule has 0 saturated heterocycles. The van der Waals surface area contributed by atoms with Gasteiger partial charge in [0.05, 0.1) is 10.6 Å². The third-order valence-corrected chi connectivity index (χ3v) is 5.27. The van der Waals surface area contributed by atoms with Crippen molar-refractivity contribution >= 4 is 27.3 Å². The van der Waals surface area contributed by atoms with Crippen molar-refractivity contribution in [3.05, 3.63) is 53.1 Å². The van der Waals surface area contributed by atoms with E-state index in [4.69, 9.17) is 0 Å². The first-order valence-electron chi connectivity index (χ1n) is 7.38. The molecule has 0 aliphatic carbocycles. The van der Waals surface area contributed by atoms with Crippen molar-refractivity contribution < 1.29 is 13.2 Å². The monoisotopic (exact) mass is 330 g/mol. The van der Waals surface area contributed by atoms with Crippen LogP contribution in [0.25, 0.3) is 0 Å². The second-order valence-corrected chi connectivity index (χ2v) is 7.47. The van der Waals surface area contributed by atoms with Gasteiger partial charge in [-0.2, -0.15) is 0 Å². The molecule has 0 fully saturated rings. The largest absolute Gasteiger partial charge is 0.326 e. The van der Waals surface area contributed by atoms with E-state index in [-0.39, 0.29) is 10.8 Å². The molecule has 0 unspecified atom stereocenters. The number of hydrogen-bond donors (Lipinski definition) is 2. The van der Waals surface area contributed by atoms with Crippen molar-refractivity contribution in [2.75, 3.05) is 10.0 Å². The van der Waals surface area contributed by atoms with Gasteiger partial charge in [-0.05, 0) is 55.7 Å². The van der Waals surface area contributed by atoms with Gasteiger partial charge in [-0.25, -0.2) is 8.42 Å². The van der Waals surface area contributed by atoms with Gasteiger partial charge in [0.2, 0.25) is 5.91 Å². The third-order valence-electron chi connectivity index (χ3n) is 3.91. The first kappa shape index (κ1) is 15.6. The highest BCUT2D eigenvalue weighted by Gasteiger charge is 2.20. The van der Waals surface area contributed by atoms with Crippen LogP contribution in [-0.4, -0.2) is 14.3 Å². The first-order chi connectivity index (χ1) is 10.8. The molecule has 0 radical (unpaired) electrons. The molecule has 5 nitrogen and oxygen atoms in total. The lowest BCUT2D eigenvalue weighted by Crippen LogP contribution is -2.20. The molecule has 1 aliphatic heterocycles. The van der Waals surface area contributed by atoms with Crippen molar-refractivity contribution in [2.24, 2.45) is 0 Å². The van der Waals surface area contributed by atoms with Gasteiger partial charge in [0.15, 0.2) is 0 Å². The van der Waals surface area contributed by atoms with Crippen molar-refractivity contribution in [3.8, 4) is 0 Å². The summed E-state index contributed by atoms with van der Waals surface area (Å²) in [6.45, 7) is 3.83. The maximum Gasteiger partial charge on any atom is 0.261 e. The number of rotatable bonds is 3. The Morgan fingerprint density at radius 2 is 1.83 bits per heavy atom. The highest BCUT2D eigenvalue weighted by atomic mass is 32.2. The Kier molecular flexibility index (Phi) is 3.85. The summed E-state index contributed by atoms with van der Waals surface area (Å²) in [7, 11) is -3.66. The number of carbonyl (C=O) groups is 1. The van der Waals surface area contributed by atoms with E-state index in [1.807, 2.05) is 26.0 Å². The summed E-state index contributed by atoms with van der Waals surface area (Å²) >= 11 is 0. The van der Waals surface area contributed by atoms with Crippen molar-refractivity contribution in [1.82, 2.24) is 0 Å². The molecule has 0 atom stereocenters. The maximum atomic E-state index is 12.6. The standard InChI is InChI=1S/C17H18N2O3S/c1-11-3-6-15(12(2)9-11)19-23(21,22)14-5-7-16-13(10-14)4-8-17(20)18-16/h3,5-7,9-10,19H,4,8H2,1-2H3,(H,18,20). The van der Waals surface area contributed by atoms with Crippen LogP contribution < -0.4 is 10.0 Å². The molecule has 3 rings (SSSR count). The van der Waals surface area contributed by atoms with Gasteiger partial charge in [0.1, 0.15) is 0 Å². The number of anilines is 2. The molecule has 1 heterocycles. The number of aryl methyl sites for hydroxylation is 3. The minimum absolute atomic E-state index is 0.0403. The molecule has 1 aliphatic rings. The van der Waals surface area contributed by atoms with Crippen LogP contribution >= 0.6 is 0 Å². The van der Waals surface area contributed by atoms with E-state index in [1.54, 1.807) is 18.2 Å². The first-order valence-corrected chi connectivity index (χ1v) is 8.86. The average molecular weight is 330 g/mol. The summed E-state index contributed by atoms with van der Waals surface area (Å²) in [5, 5.41) is 2.75. The number of fused-ring (bicyclic) bond motifs is 1. The molecule has 0 saturated carbocycles. The lowest BCUT2D eigenvalue weighted by Gasteiger charge is -2.18. The zero-order valence-corrected chi connectivity index (χ0v) is 13.8. The molecule has 23 heavy (non-hydrogen) atoms. The molecule has 6 heteroatoms. The summed E-state index contributed by atoms with van der Waals surface area (Å²) in [4.78, 5) is 11.6. The van der Waals surface area contributed by atoms with E-state index < -0.39 is 10.0 Å². The van der Waals surface area contributed by atoms with Gasteiger partial charge in [0.25, 0.3) is 10.0 Å². The predicted octanol–water partition coefficient (Wildman–Crippen LogP) is 2.99. The van der Waals surface area contributed by atoms with E-state index in [1.165, 1.54) is 6.07 Å². The lowest BCUT2D eigenvalue weighted by molar-refractivity contribution is -0.116. The van der Waals surface area contributed by atoms with E-state index in [0.717, 1.165) is 16.7 Å². The van der Waals surface area contributed by atoms with Crippen LogP contribution in [0.1, 0.15) is 23.1 Å². The van der Waals surface area contributed by atoms with Crippen LogP contribution in [0.4, 0.5) is 11.4 Å². The summed E-state index contributed by atoms with van der Waals surface area (Å²) < 4.78 is 27.8. The molecule has 0 aromatic heterocycles. The van der Waals surface area contributed by atoms with Crippen LogP contribution in [0.3, 0.4) is 0 Å². The quantitative estimate of drug-likeness (QED) is 0.908. The van der Waals surface area contributed by atoms with Crippen LogP contribution in [0.2, 0.25) is 0 Å². The maximum absolute atomic E-state index is 12.6. The second kappa shape index (κ2) is 5.70. The fraction of sp³-hybridized carbons (Fsp3) is 0.235. The second-order valence-electron chi connectivity index (χ2n) is 5.79. The summed E-state index contributed by atoms with van der Waals surface area (Å²) in [6, 6.07) is 10.3. The zero-order chi connectivity index (χ0) is 16.6. The van der Waals surface area contributed by atoms with Crippen LogP contribution in [-0.2, 0) is 21.2 Å². The molecule has 1 amide bonds. The van der Waals surface area contributed by atoms with Crippen LogP contribution in [0, 0.1) is 13.8 Å². The van der Waals surface area contributed by atoms with Gasteiger partial charge < -0.3 is 5.32 Å². The molecular weight excluding hydrogens is 312 g/mol. The number of sulfonamides is 1. The number of hydrogen-bond acceptors (Lipinski definition) is 3. The van der Waals surface area contributed by atoms with E-state index in [9.17, 15) is 13.2 Å². The van der Waals surface area contributed by atoms with E-state index in [2.05, 4.69) is 10.0 Å². The van der Waals surface area contributed by atoms with Gasteiger partial charge in [0, 0.05) is 12.1 Å². The number of benzene rings is 2. The Morgan fingerprint density at radius 1 is 1.04 bits per heavy atom. The minimum atomic E-state index is -3.66. The third kappa shape index (κ3) is 3.22. The molecule has 2 N–H and O–H groups in total. The summed E-state index contributed by atoms with van der Waals surface area (Å²) in [6.07, 6.45) is 0.926. The number of carbonyl (C=O) groups excluding carboxylic acids is 1. The molecule has 2 aromatic rings. The van der Waals surface area contributed by atoms with Crippen molar-refractivity contribution in [1.29, 1.82) is 0 Å². The predicted molar refractivity (Wildman–Crippen MR) is 90.1 cm³/mol. The molecule has 2 aromatic carbocycles. The topological polar surface area (TPSA) is 75.3 Å². The molecule has 0 bridgehead atoms. The minimum Gasteiger partial charge on any atom is -0.326 e. The fourth-order valence-corrected chi connectivity index (χ4v) is 3.84. The zero-order valence-electron chi connectivity index (χ0n) is 13.0. The van der Waals surface area contributed by atoms with Gasteiger partial charge in [-0.15, -0.1) is 0 Å². The van der Waals surface area contributed by atoms with E-state index >= 15 is 0 Å². The SMILES string of the molecule is Cc1ccc(NS(=O)(=O)c2ccc3c(c2)CCC(=O)N3)c(C)c1. The van der Waals surface area contributed by atoms with Gasteiger partial charge in [-0.3, -0.25) is 9.52 Å². The Bertz CT molecular complexity index is 889. The van der Waals surface area contributed by atoms with E-state index in [0.29, 0.717) is 24.2 Å². The molecular formula is C17H18N2O3S. The summed E-state index contributed by atoms with van der Waals surface area (Å²) in [5.74, 6) is -0.0403. The lowest BCUT2D eigenvalue weighted by atomic mass is 10.0. The Labute approximate surface area is 135 Å². The van der Waals surface area contributed by atoms with Crippen molar-refractivity contribution in [3.63, 3.8) is 0 Å². The Hall–Kier alpha value is -2.34. The van der Waals surface area contributed by atoms with Crippen molar-refractivity contribution in [2.45, 2.75) is 31.6 Å². The smallest absolute Gasteiger partial charge is 0.261 e. The highest BCUT2D eigenvalue weighted by Crippen LogP contribution is 2.27. The van der Waals surface area contributed by atoms with Gasteiger partial charge in [-0.1, -0.05) is 17.7 Å². The average Bonchev–Trinajstić information content (AvgIpc) is 2.49. The highest BCUT2D eigenvalue weighted by molar-refractivity contribution is 7.92. The Balaban J connectivity index is 1.92. The number of nitrogens with one attached hydrogen (secondary N) is 2. The number of amides is 1. The summed E-state index contributed by atoms with van der Waals surface area (Å²) in [5.41, 5.74) is 4.05. The van der Waals surface area contributed by atoms with Gasteiger partial charge >= 0.3 is 0 Å². The molecule has 0 spiro atoms. The van der Waals surface area contributed by atoms with Crippen LogP contribution in [0.5, 0.6) is 0 Å². The normalized spacial score (nSPS) is 14.1. The fourth-order valence-electron chi connectivity index (χ4n) is 2.66. The Morgan fingerprint density at radius 3 is 2.57 bits per heavy atom. The molecule has 120 valence electrons. The van der Waals surface area contributed by atoms with Crippen LogP contribution in [0.15, 0.2) is 41.3 Å².